The Labute approximate surface area is 121 Å². The van der Waals surface area contributed by atoms with Gasteiger partial charge in [-0.1, -0.05) is 25.5 Å². The smallest absolute Gasteiger partial charge is 0.305 e. The number of carbonyl (C=O) groups excluding carboxylic acids is 1. The summed E-state index contributed by atoms with van der Waals surface area (Å²) >= 11 is 0. The summed E-state index contributed by atoms with van der Waals surface area (Å²) in [5.74, 6) is -0.453. The Morgan fingerprint density at radius 2 is 2.05 bits per heavy atom. The number of allylic oxidation sites excluding steroid dienone is 1. The van der Waals surface area contributed by atoms with E-state index in [0.717, 1.165) is 19.3 Å². The fourth-order valence-electron chi connectivity index (χ4n) is 2.48. The highest BCUT2D eigenvalue weighted by atomic mass is 16.4. The van der Waals surface area contributed by atoms with Gasteiger partial charge in [-0.25, -0.2) is 0 Å². The molecule has 1 aliphatic carbocycles. The first kappa shape index (κ1) is 16.7. The van der Waals surface area contributed by atoms with Gasteiger partial charge in [0.1, 0.15) is 0 Å². The van der Waals surface area contributed by atoms with Crippen molar-refractivity contribution >= 4 is 11.9 Å². The fourth-order valence-corrected chi connectivity index (χ4v) is 2.48. The van der Waals surface area contributed by atoms with E-state index >= 15 is 0 Å². The van der Waals surface area contributed by atoms with Crippen molar-refractivity contribution in [2.75, 3.05) is 13.1 Å². The first-order valence-electron chi connectivity index (χ1n) is 7.66. The van der Waals surface area contributed by atoms with E-state index in [1.54, 1.807) is 4.90 Å². The molecule has 4 nitrogen and oxygen atoms in total. The Morgan fingerprint density at radius 3 is 2.60 bits per heavy atom. The lowest BCUT2D eigenvalue weighted by Crippen LogP contribution is -2.34. The highest BCUT2D eigenvalue weighted by molar-refractivity contribution is 5.77. The summed E-state index contributed by atoms with van der Waals surface area (Å²) in [6.07, 6.45) is 8.48. The first-order valence-corrected chi connectivity index (χ1v) is 7.66. The molecule has 0 fully saturated rings. The highest BCUT2D eigenvalue weighted by Gasteiger charge is 2.16. The van der Waals surface area contributed by atoms with E-state index < -0.39 is 5.97 Å². The second-order valence-corrected chi connectivity index (χ2v) is 5.98. The van der Waals surface area contributed by atoms with Gasteiger partial charge in [0.25, 0.3) is 0 Å². The van der Waals surface area contributed by atoms with Crippen molar-refractivity contribution in [3.8, 4) is 0 Å². The molecule has 0 aromatic rings. The molecule has 1 aliphatic rings. The number of carbonyl (C=O) groups is 2. The predicted molar refractivity (Wildman–Crippen MR) is 79.5 cm³/mol. The largest absolute Gasteiger partial charge is 0.481 e. The molecule has 0 saturated carbocycles. The molecule has 0 saturated heterocycles. The molecule has 4 heteroatoms. The van der Waals surface area contributed by atoms with Crippen molar-refractivity contribution in [1.29, 1.82) is 0 Å². The lowest BCUT2D eigenvalue weighted by molar-refractivity contribution is -0.138. The second kappa shape index (κ2) is 8.77. The van der Waals surface area contributed by atoms with Gasteiger partial charge in [0, 0.05) is 19.5 Å². The molecule has 0 unspecified atom stereocenters. The number of amides is 1. The maximum Gasteiger partial charge on any atom is 0.305 e. The zero-order valence-corrected chi connectivity index (χ0v) is 12.7. The van der Waals surface area contributed by atoms with Gasteiger partial charge in [-0.3, -0.25) is 9.59 Å². The van der Waals surface area contributed by atoms with Gasteiger partial charge >= 0.3 is 5.97 Å². The molecule has 0 radical (unpaired) electrons. The van der Waals surface area contributed by atoms with Crippen LogP contribution in [-0.2, 0) is 9.59 Å². The van der Waals surface area contributed by atoms with E-state index in [2.05, 4.69) is 6.08 Å². The molecule has 20 heavy (non-hydrogen) atoms. The maximum absolute atomic E-state index is 12.2. The molecule has 1 amide bonds. The molecule has 0 aliphatic heterocycles. The molecule has 0 heterocycles. The van der Waals surface area contributed by atoms with Crippen LogP contribution in [0.3, 0.4) is 0 Å². The van der Waals surface area contributed by atoms with Crippen molar-refractivity contribution < 1.29 is 14.7 Å². The minimum atomic E-state index is -0.843. The van der Waals surface area contributed by atoms with Gasteiger partial charge < -0.3 is 10.0 Å². The number of carboxylic acid groups (broad SMARTS) is 1. The molecular formula is C16H27NO3. The van der Waals surface area contributed by atoms with Crippen LogP contribution in [0, 0.1) is 5.92 Å². The summed E-state index contributed by atoms with van der Waals surface area (Å²) in [5.41, 5.74) is 1.42. The molecule has 114 valence electrons. The number of nitrogens with zero attached hydrogens (tertiary/aromatic N) is 1. The third-order valence-corrected chi connectivity index (χ3v) is 3.62. The SMILES string of the molecule is CC(C)CC(=O)N(CCC(=O)O)CCC1=CCCCC1. The first-order chi connectivity index (χ1) is 9.49. The van der Waals surface area contributed by atoms with Gasteiger partial charge in [-0.05, 0) is 38.0 Å². The van der Waals surface area contributed by atoms with Crippen molar-refractivity contribution in [2.24, 2.45) is 5.92 Å². The number of hydrogen-bond donors (Lipinski definition) is 1. The molecule has 1 rings (SSSR count). The van der Waals surface area contributed by atoms with Gasteiger partial charge in [-0.15, -0.1) is 0 Å². The van der Waals surface area contributed by atoms with E-state index in [4.69, 9.17) is 5.11 Å². The molecular weight excluding hydrogens is 254 g/mol. The average molecular weight is 281 g/mol. The Balaban J connectivity index is 2.49. The molecule has 0 atom stereocenters. The summed E-state index contributed by atoms with van der Waals surface area (Å²) in [6, 6.07) is 0. The van der Waals surface area contributed by atoms with Crippen LogP contribution in [0.25, 0.3) is 0 Å². The molecule has 0 bridgehead atoms. The van der Waals surface area contributed by atoms with Crippen LogP contribution < -0.4 is 0 Å². The summed E-state index contributed by atoms with van der Waals surface area (Å²) in [4.78, 5) is 24.6. The third kappa shape index (κ3) is 6.73. The van der Waals surface area contributed by atoms with Gasteiger partial charge in [0.15, 0.2) is 0 Å². The lowest BCUT2D eigenvalue weighted by atomic mass is 9.97. The Kier molecular flexibility index (Phi) is 7.34. The Morgan fingerprint density at radius 1 is 1.30 bits per heavy atom. The van der Waals surface area contributed by atoms with E-state index in [-0.39, 0.29) is 12.3 Å². The van der Waals surface area contributed by atoms with Crippen LogP contribution >= 0.6 is 0 Å². The van der Waals surface area contributed by atoms with Crippen LogP contribution in [0.15, 0.2) is 11.6 Å². The zero-order chi connectivity index (χ0) is 15.0. The van der Waals surface area contributed by atoms with E-state index in [0.29, 0.717) is 25.4 Å². The van der Waals surface area contributed by atoms with Crippen molar-refractivity contribution in [1.82, 2.24) is 4.90 Å². The van der Waals surface area contributed by atoms with Gasteiger partial charge in [0.05, 0.1) is 6.42 Å². The van der Waals surface area contributed by atoms with E-state index in [1.165, 1.54) is 18.4 Å². The van der Waals surface area contributed by atoms with Crippen molar-refractivity contribution in [2.45, 2.75) is 58.8 Å². The summed E-state index contributed by atoms with van der Waals surface area (Å²) in [5, 5.41) is 8.79. The molecule has 0 spiro atoms. The minimum absolute atomic E-state index is 0.0306. The van der Waals surface area contributed by atoms with Crippen LogP contribution in [0.5, 0.6) is 0 Å². The van der Waals surface area contributed by atoms with Crippen LogP contribution in [0.4, 0.5) is 0 Å². The number of hydrogen-bond acceptors (Lipinski definition) is 2. The number of rotatable bonds is 8. The fraction of sp³-hybridized carbons (Fsp3) is 0.750. The van der Waals surface area contributed by atoms with Gasteiger partial charge in [0.2, 0.25) is 5.91 Å². The average Bonchev–Trinajstić information content (AvgIpc) is 2.38. The number of carboxylic acids is 1. The minimum Gasteiger partial charge on any atom is -0.481 e. The molecule has 0 aromatic heterocycles. The zero-order valence-electron chi connectivity index (χ0n) is 12.7. The Hall–Kier alpha value is -1.32. The second-order valence-electron chi connectivity index (χ2n) is 5.98. The predicted octanol–water partition coefficient (Wildman–Crippen LogP) is 3.23. The monoisotopic (exact) mass is 281 g/mol. The van der Waals surface area contributed by atoms with Crippen molar-refractivity contribution in [3.05, 3.63) is 11.6 Å². The van der Waals surface area contributed by atoms with Crippen LogP contribution in [0.1, 0.15) is 58.8 Å². The summed E-state index contributed by atoms with van der Waals surface area (Å²) in [7, 11) is 0. The topological polar surface area (TPSA) is 57.6 Å². The lowest BCUT2D eigenvalue weighted by Gasteiger charge is -2.24. The highest BCUT2D eigenvalue weighted by Crippen LogP contribution is 2.20. The molecule has 1 N–H and O–H groups in total. The number of aliphatic carboxylic acids is 1. The van der Waals surface area contributed by atoms with E-state index in [9.17, 15) is 9.59 Å². The Bertz CT molecular complexity index is 361. The van der Waals surface area contributed by atoms with Crippen LogP contribution in [-0.4, -0.2) is 35.0 Å². The standard InChI is InChI=1S/C16H27NO3/c1-13(2)12-15(18)17(11-9-16(19)20)10-8-14-6-4-3-5-7-14/h6,13H,3-5,7-12H2,1-2H3,(H,19,20). The summed E-state index contributed by atoms with van der Waals surface area (Å²) in [6.45, 7) is 5.01. The van der Waals surface area contributed by atoms with Gasteiger partial charge in [-0.2, -0.15) is 0 Å². The normalized spacial score (nSPS) is 15.1. The van der Waals surface area contributed by atoms with Crippen molar-refractivity contribution in [3.63, 3.8) is 0 Å². The molecule has 0 aromatic carbocycles. The van der Waals surface area contributed by atoms with E-state index in [1.807, 2.05) is 13.8 Å². The third-order valence-electron chi connectivity index (χ3n) is 3.62. The summed E-state index contributed by atoms with van der Waals surface area (Å²) < 4.78 is 0. The maximum atomic E-state index is 12.2. The van der Waals surface area contributed by atoms with Crippen LogP contribution in [0.2, 0.25) is 0 Å². The quantitative estimate of drug-likeness (QED) is 0.695.